The van der Waals surface area contributed by atoms with Crippen LogP contribution in [0.15, 0.2) is 42.5 Å². The fraction of sp³-hybridized carbons (Fsp3) is 0.348. The van der Waals surface area contributed by atoms with Crippen LogP contribution in [0.4, 0.5) is 31.0 Å². The van der Waals surface area contributed by atoms with Crippen LogP contribution >= 0.6 is 0 Å². The van der Waals surface area contributed by atoms with Gasteiger partial charge in [0, 0.05) is 19.2 Å². The van der Waals surface area contributed by atoms with Gasteiger partial charge in [0.2, 0.25) is 6.29 Å². The predicted octanol–water partition coefficient (Wildman–Crippen LogP) is 5.10. The SMILES string of the molecule is CCOC(=O)Nc1ccc(NCc2ccc(F)cc2)cc1NC(=O)OC(C)OC(=O)C(C)C. The molecule has 0 spiro atoms. The van der Waals surface area contributed by atoms with Crippen molar-refractivity contribution in [3.63, 3.8) is 0 Å². The second kappa shape index (κ2) is 12.3. The van der Waals surface area contributed by atoms with E-state index in [1.54, 1.807) is 51.1 Å². The van der Waals surface area contributed by atoms with Crippen molar-refractivity contribution in [3.05, 3.63) is 53.8 Å². The lowest BCUT2D eigenvalue weighted by molar-refractivity contribution is -0.168. The van der Waals surface area contributed by atoms with Gasteiger partial charge in [-0.3, -0.25) is 15.4 Å². The van der Waals surface area contributed by atoms with Crippen molar-refractivity contribution < 1.29 is 33.0 Å². The van der Waals surface area contributed by atoms with Gasteiger partial charge in [0.15, 0.2) is 0 Å². The lowest BCUT2D eigenvalue weighted by Gasteiger charge is -2.18. The highest BCUT2D eigenvalue weighted by atomic mass is 19.1. The second-order valence-electron chi connectivity index (χ2n) is 7.28. The van der Waals surface area contributed by atoms with Crippen LogP contribution in [0, 0.1) is 11.7 Å². The largest absolute Gasteiger partial charge is 0.450 e. The number of rotatable bonds is 9. The van der Waals surface area contributed by atoms with Gasteiger partial charge in [-0.2, -0.15) is 0 Å². The number of nitrogens with one attached hydrogen (secondary N) is 3. The molecule has 0 bridgehead atoms. The third kappa shape index (κ3) is 8.68. The minimum Gasteiger partial charge on any atom is -0.450 e. The molecular formula is C23H28FN3O6. The molecule has 0 saturated carbocycles. The lowest BCUT2D eigenvalue weighted by Crippen LogP contribution is -2.27. The second-order valence-corrected chi connectivity index (χ2v) is 7.28. The van der Waals surface area contributed by atoms with E-state index in [4.69, 9.17) is 14.2 Å². The van der Waals surface area contributed by atoms with Crippen LogP contribution in [-0.2, 0) is 25.5 Å². The number of anilines is 3. The number of amides is 2. The third-order valence-electron chi connectivity index (χ3n) is 4.20. The summed E-state index contributed by atoms with van der Waals surface area (Å²) in [5.74, 6) is -1.21. The maximum absolute atomic E-state index is 13.1. The molecule has 2 aromatic carbocycles. The number of benzene rings is 2. The van der Waals surface area contributed by atoms with Gasteiger partial charge in [-0.25, -0.2) is 14.0 Å². The summed E-state index contributed by atoms with van der Waals surface area (Å²) in [5.41, 5.74) is 1.95. The fourth-order valence-electron chi connectivity index (χ4n) is 2.56. The molecule has 2 amide bonds. The molecule has 0 aliphatic carbocycles. The van der Waals surface area contributed by atoms with E-state index in [1.807, 2.05) is 0 Å². The fourth-order valence-corrected chi connectivity index (χ4v) is 2.56. The van der Waals surface area contributed by atoms with Crippen LogP contribution in [0.5, 0.6) is 0 Å². The Labute approximate surface area is 191 Å². The van der Waals surface area contributed by atoms with Gasteiger partial charge in [-0.15, -0.1) is 0 Å². The van der Waals surface area contributed by atoms with Gasteiger partial charge < -0.3 is 19.5 Å². The molecule has 0 aliphatic rings. The Morgan fingerprint density at radius 2 is 1.58 bits per heavy atom. The first kappa shape index (κ1) is 25.4. The Bertz CT molecular complexity index is 965. The van der Waals surface area contributed by atoms with Crippen molar-refractivity contribution in [3.8, 4) is 0 Å². The molecule has 0 aromatic heterocycles. The molecule has 0 aliphatic heterocycles. The Kier molecular flexibility index (Phi) is 9.46. The lowest BCUT2D eigenvalue weighted by atomic mass is 10.2. The predicted molar refractivity (Wildman–Crippen MR) is 121 cm³/mol. The van der Waals surface area contributed by atoms with E-state index in [-0.39, 0.29) is 29.7 Å². The molecule has 2 aromatic rings. The summed E-state index contributed by atoms with van der Waals surface area (Å²) in [4.78, 5) is 35.8. The van der Waals surface area contributed by atoms with Gasteiger partial charge >= 0.3 is 18.2 Å². The molecule has 33 heavy (non-hydrogen) atoms. The molecule has 0 heterocycles. The summed E-state index contributed by atoms with van der Waals surface area (Å²) in [6.45, 7) is 6.97. The van der Waals surface area contributed by atoms with Crippen molar-refractivity contribution in [1.29, 1.82) is 0 Å². The zero-order valence-electron chi connectivity index (χ0n) is 18.9. The highest BCUT2D eigenvalue weighted by Gasteiger charge is 2.18. The zero-order chi connectivity index (χ0) is 24.4. The van der Waals surface area contributed by atoms with Crippen molar-refractivity contribution >= 4 is 35.2 Å². The minimum absolute atomic E-state index is 0.173. The molecule has 0 fully saturated rings. The van der Waals surface area contributed by atoms with E-state index in [9.17, 15) is 18.8 Å². The monoisotopic (exact) mass is 461 g/mol. The quantitative estimate of drug-likeness (QED) is 0.351. The first-order chi connectivity index (χ1) is 15.7. The molecule has 1 unspecified atom stereocenters. The van der Waals surface area contributed by atoms with E-state index in [0.717, 1.165) is 5.56 Å². The van der Waals surface area contributed by atoms with E-state index < -0.39 is 24.4 Å². The van der Waals surface area contributed by atoms with Crippen LogP contribution in [-0.4, -0.2) is 31.1 Å². The average molecular weight is 461 g/mol. The summed E-state index contributed by atoms with van der Waals surface area (Å²) < 4.78 is 28.1. The van der Waals surface area contributed by atoms with Crippen molar-refractivity contribution in [2.75, 3.05) is 22.6 Å². The maximum atomic E-state index is 13.1. The van der Waals surface area contributed by atoms with E-state index >= 15 is 0 Å². The van der Waals surface area contributed by atoms with Crippen molar-refractivity contribution in [1.82, 2.24) is 0 Å². The highest BCUT2D eigenvalue weighted by Crippen LogP contribution is 2.27. The van der Waals surface area contributed by atoms with E-state index in [0.29, 0.717) is 12.2 Å². The summed E-state index contributed by atoms with van der Waals surface area (Å²) in [5, 5.41) is 8.21. The molecule has 3 N–H and O–H groups in total. The Hall–Kier alpha value is -3.82. The molecule has 10 heteroatoms. The first-order valence-corrected chi connectivity index (χ1v) is 10.4. The smallest absolute Gasteiger partial charge is 0.414 e. The summed E-state index contributed by atoms with van der Waals surface area (Å²) in [7, 11) is 0. The molecule has 178 valence electrons. The highest BCUT2D eigenvalue weighted by molar-refractivity contribution is 5.96. The van der Waals surface area contributed by atoms with Crippen molar-refractivity contribution in [2.24, 2.45) is 5.92 Å². The summed E-state index contributed by atoms with van der Waals surface area (Å²) >= 11 is 0. The standard InChI is InChI=1S/C23H28FN3O6/c1-5-31-22(29)26-19-11-10-18(25-13-16-6-8-17(24)9-7-16)12-20(19)27-23(30)33-15(4)32-21(28)14(2)3/h6-12,14-15,25H,5,13H2,1-4H3,(H,26,29)(H,27,30). The molecule has 9 nitrogen and oxygen atoms in total. The van der Waals surface area contributed by atoms with Gasteiger partial charge in [-0.1, -0.05) is 26.0 Å². The van der Waals surface area contributed by atoms with Crippen LogP contribution in [0.3, 0.4) is 0 Å². The summed E-state index contributed by atoms with van der Waals surface area (Å²) in [6.07, 6.45) is -2.69. The van der Waals surface area contributed by atoms with Gasteiger partial charge in [0.1, 0.15) is 5.82 Å². The van der Waals surface area contributed by atoms with E-state index in [2.05, 4.69) is 16.0 Å². The summed E-state index contributed by atoms with van der Waals surface area (Å²) in [6, 6.07) is 10.9. The molecule has 2 rings (SSSR count). The number of halogens is 1. The number of carbonyl (C=O) groups is 3. The molecule has 1 atom stereocenters. The molecule has 0 saturated heterocycles. The van der Waals surface area contributed by atoms with Crippen LogP contribution in [0.1, 0.15) is 33.3 Å². The van der Waals surface area contributed by atoms with Crippen molar-refractivity contribution in [2.45, 2.75) is 40.5 Å². The van der Waals surface area contributed by atoms with Gasteiger partial charge in [-0.05, 0) is 42.8 Å². The van der Waals surface area contributed by atoms with Gasteiger partial charge in [0.25, 0.3) is 0 Å². The van der Waals surface area contributed by atoms with Crippen LogP contribution in [0.25, 0.3) is 0 Å². The van der Waals surface area contributed by atoms with Gasteiger partial charge in [0.05, 0.1) is 23.9 Å². The number of ether oxygens (including phenoxy) is 3. The minimum atomic E-state index is -1.11. The van der Waals surface area contributed by atoms with Crippen LogP contribution < -0.4 is 16.0 Å². The molecule has 0 radical (unpaired) electrons. The van der Waals surface area contributed by atoms with Crippen LogP contribution in [0.2, 0.25) is 0 Å². The first-order valence-electron chi connectivity index (χ1n) is 10.4. The number of carbonyl (C=O) groups excluding carboxylic acids is 3. The number of hydrogen-bond donors (Lipinski definition) is 3. The Morgan fingerprint density at radius 1 is 0.909 bits per heavy atom. The number of esters is 1. The normalized spacial score (nSPS) is 11.3. The van der Waals surface area contributed by atoms with E-state index in [1.165, 1.54) is 19.1 Å². The maximum Gasteiger partial charge on any atom is 0.414 e. The number of hydrogen-bond acceptors (Lipinski definition) is 7. The third-order valence-corrected chi connectivity index (χ3v) is 4.20. The Morgan fingerprint density at radius 3 is 2.21 bits per heavy atom. The topological polar surface area (TPSA) is 115 Å². The average Bonchev–Trinajstić information content (AvgIpc) is 2.74. The Balaban J connectivity index is 2.12. The molecular weight excluding hydrogens is 433 g/mol. The zero-order valence-corrected chi connectivity index (χ0v) is 18.9.